The van der Waals surface area contributed by atoms with E-state index >= 15 is 0 Å². The van der Waals surface area contributed by atoms with Crippen molar-refractivity contribution in [1.82, 2.24) is 14.8 Å². The first-order chi connectivity index (χ1) is 13.3. The number of aliphatic hydroxyl groups excluding tert-OH is 1. The molecule has 6 nitrogen and oxygen atoms in total. The average molecular weight is 409 g/mol. The Morgan fingerprint density at radius 1 is 1.39 bits per heavy atom. The normalized spacial score (nSPS) is 19.5. The van der Waals surface area contributed by atoms with E-state index in [4.69, 9.17) is 0 Å². The molecule has 3 rings (SSSR count). The number of halogens is 2. The van der Waals surface area contributed by atoms with Crippen molar-refractivity contribution in [3.8, 4) is 0 Å². The number of benzene rings is 1. The molecule has 0 radical (unpaired) electrons. The highest BCUT2D eigenvalue weighted by Gasteiger charge is 2.37. The summed E-state index contributed by atoms with van der Waals surface area (Å²) < 4.78 is 27.5. The van der Waals surface area contributed by atoms with Crippen molar-refractivity contribution in [3.63, 3.8) is 0 Å². The Bertz CT molecular complexity index is 889. The number of piperidine rings is 1. The van der Waals surface area contributed by atoms with E-state index in [2.05, 4.69) is 4.98 Å². The van der Waals surface area contributed by atoms with Crippen molar-refractivity contribution in [2.24, 2.45) is 0 Å². The molecule has 0 aliphatic carbocycles. The largest absolute Gasteiger partial charge is 0.389 e. The van der Waals surface area contributed by atoms with Crippen LogP contribution < -0.4 is 0 Å². The number of hydrogen-bond acceptors (Lipinski definition) is 5. The number of β-amino-alcohol motifs (C(OH)–C–C–N with tert-alkyl or cyclic N) is 1. The van der Waals surface area contributed by atoms with Gasteiger partial charge < -0.3 is 14.9 Å². The van der Waals surface area contributed by atoms with Crippen molar-refractivity contribution < 1.29 is 23.5 Å². The zero-order chi connectivity index (χ0) is 20.4. The molecule has 2 aromatic rings. The van der Waals surface area contributed by atoms with Crippen LogP contribution in [0.1, 0.15) is 39.2 Å². The highest BCUT2D eigenvalue weighted by atomic mass is 32.1. The Morgan fingerprint density at radius 2 is 2.14 bits per heavy atom. The van der Waals surface area contributed by atoms with Crippen LogP contribution in [0.2, 0.25) is 0 Å². The number of likely N-dealkylation sites (N-methyl/N-ethyl adjacent to an activating group) is 1. The maximum absolute atomic E-state index is 14.0. The molecule has 1 aromatic heterocycles. The van der Waals surface area contributed by atoms with Gasteiger partial charge in [0, 0.05) is 25.0 Å². The quantitative estimate of drug-likeness (QED) is 0.842. The Labute approximate surface area is 165 Å². The van der Waals surface area contributed by atoms with Crippen LogP contribution in [-0.2, 0) is 0 Å². The molecule has 1 saturated heterocycles. The molecule has 0 unspecified atom stereocenters. The number of nitrogens with zero attached hydrogens (tertiary/aromatic N) is 3. The van der Waals surface area contributed by atoms with Gasteiger partial charge in [0.2, 0.25) is 0 Å². The monoisotopic (exact) mass is 409 g/mol. The number of amides is 2. The lowest BCUT2D eigenvalue weighted by Gasteiger charge is -2.41. The number of aryl methyl sites for hydroxylation is 1. The molecule has 0 saturated carbocycles. The van der Waals surface area contributed by atoms with Crippen molar-refractivity contribution in [2.75, 3.05) is 19.6 Å². The van der Waals surface area contributed by atoms with Crippen LogP contribution in [0.15, 0.2) is 23.6 Å². The Hall–Kier alpha value is -2.39. The van der Waals surface area contributed by atoms with Gasteiger partial charge in [-0.3, -0.25) is 9.59 Å². The summed E-state index contributed by atoms with van der Waals surface area (Å²) in [6.07, 6.45) is -0.676. The highest BCUT2D eigenvalue weighted by Crippen LogP contribution is 2.23. The molecule has 1 fully saturated rings. The van der Waals surface area contributed by atoms with E-state index in [0.717, 1.165) is 11.1 Å². The summed E-state index contributed by atoms with van der Waals surface area (Å²) in [5, 5.41) is 13.0. The Morgan fingerprint density at radius 3 is 2.75 bits per heavy atom. The molecule has 150 valence electrons. The van der Waals surface area contributed by atoms with Crippen LogP contribution in [0.3, 0.4) is 0 Å². The summed E-state index contributed by atoms with van der Waals surface area (Å²) >= 11 is 1.37. The first kappa shape index (κ1) is 20.3. The maximum Gasteiger partial charge on any atom is 0.273 e. The minimum atomic E-state index is -1.20. The topological polar surface area (TPSA) is 73.7 Å². The minimum Gasteiger partial charge on any atom is -0.389 e. The maximum atomic E-state index is 14.0. The molecule has 1 aliphatic rings. The van der Waals surface area contributed by atoms with E-state index in [1.165, 1.54) is 33.3 Å². The standard InChI is InChI=1S/C19H21F2N3O3S/c1-3-24(18(26)12-5-4-6-13(20)17(12)21)15-7-8-23(9-16(15)25)19(27)14-10-28-11(2)22-14/h4-6,10,15-16,25H,3,7-9H2,1-2H3/t15-,16-/m1/s1. The molecule has 1 aromatic carbocycles. The number of carbonyl (C=O) groups is 2. The molecular formula is C19H21F2N3O3S. The highest BCUT2D eigenvalue weighted by molar-refractivity contribution is 7.09. The third-order valence-electron chi connectivity index (χ3n) is 4.86. The molecule has 1 N–H and O–H groups in total. The van der Waals surface area contributed by atoms with Gasteiger partial charge >= 0.3 is 0 Å². The SMILES string of the molecule is CCN(C(=O)c1cccc(F)c1F)[C@@H]1CCN(C(=O)c2csc(C)n2)C[C@H]1O. The lowest BCUT2D eigenvalue weighted by molar-refractivity contribution is -0.00399. The number of aromatic nitrogens is 1. The average Bonchev–Trinajstić information content (AvgIpc) is 3.11. The fourth-order valence-electron chi connectivity index (χ4n) is 3.44. The molecule has 2 atom stereocenters. The van der Waals surface area contributed by atoms with Crippen molar-refractivity contribution in [3.05, 3.63) is 51.5 Å². The van der Waals surface area contributed by atoms with E-state index in [0.29, 0.717) is 18.7 Å². The van der Waals surface area contributed by atoms with E-state index in [1.54, 1.807) is 19.2 Å². The first-order valence-corrected chi connectivity index (χ1v) is 9.85. The van der Waals surface area contributed by atoms with Crippen LogP contribution in [0, 0.1) is 18.6 Å². The zero-order valence-corrected chi connectivity index (χ0v) is 16.4. The lowest BCUT2D eigenvalue weighted by atomic mass is 9.98. The van der Waals surface area contributed by atoms with Gasteiger partial charge in [-0.05, 0) is 32.4 Å². The van der Waals surface area contributed by atoms with Gasteiger partial charge in [-0.15, -0.1) is 11.3 Å². The molecule has 0 spiro atoms. The number of hydrogen-bond donors (Lipinski definition) is 1. The van der Waals surface area contributed by atoms with Crippen LogP contribution >= 0.6 is 11.3 Å². The second-order valence-corrected chi connectivity index (χ2v) is 7.68. The Balaban J connectivity index is 1.74. The number of rotatable bonds is 4. The Kier molecular flexibility index (Phi) is 6.04. The lowest BCUT2D eigenvalue weighted by Crippen LogP contribution is -2.57. The first-order valence-electron chi connectivity index (χ1n) is 8.98. The van der Waals surface area contributed by atoms with Crippen LogP contribution in [-0.4, -0.2) is 63.5 Å². The van der Waals surface area contributed by atoms with Gasteiger partial charge in [-0.25, -0.2) is 13.8 Å². The molecule has 1 aliphatic heterocycles. The van der Waals surface area contributed by atoms with Gasteiger partial charge in [0.05, 0.1) is 22.7 Å². The smallest absolute Gasteiger partial charge is 0.273 e. The van der Waals surface area contributed by atoms with Crippen molar-refractivity contribution in [1.29, 1.82) is 0 Å². The minimum absolute atomic E-state index is 0.0372. The molecule has 2 heterocycles. The third-order valence-corrected chi connectivity index (χ3v) is 5.63. The zero-order valence-electron chi connectivity index (χ0n) is 15.6. The molecule has 28 heavy (non-hydrogen) atoms. The summed E-state index contributed by atoms with van der Waals surface area (Å²) in [6.45, 7) is 4.09. The number of carbonyl (C=O) groups excluding carboxylic acids is 2. The summed E-state index contributed by atoms with van der Waals surface area (Å²) in [5.41, 5.74) is -0.0380. The van der Waals surface area contributed by atoms with E-state index in [1.807, 2.05) is 0 Å². The van der Waals surface area contributed by atoms with E-state index in [-0.39, 0.29) is 24.6 Å². The third kappa shape index (κ3) is 3.90. The van der Waals surface area contributed by atoms with Crippen LogP contribution in [0.4, 0.5) is 8.78 Å². The van der Waals surface area contributed by atoms with Gasteiger partial charge in [-0.1, -0.05) is 6.07 Å². The summed E-state index contributed by atoms with van der Waals surface area (Å²) in [7, 11) is 0. The molecule has 2 amide bonds. The van der Waals surface area contributed by atoms with Gasteiger partial charge in [-0.2, -0.15) is 0 Å². The fraction of sp³-hybridized carbons (Fsp3) is 0.421. The van der Waals surface area contributed by atoms with Crippen LogP contribution in [0.5, 0.6) is 0 Å². The number of thiazole rings is 1. The van der Waals surface area contributed by atoms with E-state index < -0.39 is 29.7 Å². The molecular weight excluding hydrogens is 388 g/mol. The molecule has 0 bridgehead atoms. The summed E-state index contributed by atoms with van der Waals surface area (Å²) in [5.74, 6) is -3.25. The van der Waals surface area contributed by atoms with E-state index in [9.17, 15) is 23.5 Å². The van der Waals surface area contributed by atoms with Crippen molar-refractivity contribution in [2.45, 2.75) is 32.4 Å². The van der Waals surface area contributed by atoms with Gasteiger partial charge in [0.15, 0.2) is 11.6 Å². The second-order valence-electron chi connectivity index (χ2n) is 6.62. The number of likely N-dealkylation sites (tertiary alicyclic amines) is 1. The molecule has 9 heteroatoms. The van der Waals surface area contributed by atoms with Crippen LogP contribution in [0.25, 0.3) is 0 Å². The summed E-state index contributed by atoms with van der Waals surface area (Å²) in [4.78, 5) is 32.3. The predicted molar refractivity (Wildman–Crippen MR) is 100 cm³/mol. The van der Waals surface area contributed by atoms with Gasteiger partial charge in [0.25, 0.3) is 11.8 Å². The van der Waals surface area contributed by atoms with Gasteiger partial charge in [0.1, 0.15) is 5.69 Å². The summed E-state index contributed by atoms with van der Waals surface area (Å²) in [6, 6.07) is 2.84. The fourth-order valence-corrected chi connectivity index (χ4v) is 4.03. The predicted octanol–water partition coefficient (Wildman–Crippen LogP) is 2.47. The second kappa shape index (κ2) is 8.32. The number of aliphatic hydroxyl groups is 1. The van der Waals surface area contributed by atoms with Crippen molar-refractivity contribution >= 4 is 23.2 Å².